The maximum Gasteiger partial charge on any atom is 0.416 e. The van der Waals surface area contributed by atoms with Crippen LogP contribution < -0.4 is 5.32 Å². The highest BCUT2D eigenvalue weighted by Crippen LogP contribution is 2.36. The predicted molar refractivity (Wildman–Crippen MR) is 145 cm³/mol. The number of ether oxygens (including phenoxy) is 1. The van der Waals surface area contributed by atoms with Gasteiger partial charge in [0.05, 0.1) is 23.7 Å². The molecule has 5 rings (SSSR count). The predicted octanol–water partition coefficient (Wildman–Crippen LogP) is 5.49. The summed E-state index contributed by atoms with van der Waals surface area (Å²) in [6.07, 6.45) is 0.0823. The van der Waals surface area contributed by atoms with E-state index in [2.05, 4.69) is 16.3 Å². The Morgan fingerprint density at radius 1 is 1.05 bits per heavy atom. The molecular formula is C31H35F3N4O3. The quantitative estimate of drug-likeness (QED) is 0.478. The number of hydrogen-bond donors (Lipinski definition) is 1. The van der Waals surface area contributed by atoms with E-state index in [-0.39, 0.29) is 17.9 Å². The summed E-state index contributed by atoms with van der Waals surface area (Å²) in [6.45, 7) is 3.58. The second kappa shape index (κ2) is 12.1. The summed E-state index contributed by atoms with van der Waals surface area (Å²) in [4.78, 5) is 29.5. The summed E-state index contributed by atoms with van der Waals surface area (Å²) < 4.78 is 44.4. The second-order valence-corrected chi connectivity index (χ2v) is 11.6. The Hall–Kier alpha value is -3.58. The highest BCUT2D eigenvalue weighted by atomic mass is 19.4. The fourth-order valence-electron chi connectivity index (χ4n) is 6.27. The number of carbonyl (C=O) groups excluding carboxylic acids is 2. The summed E-state index contributed by atoms with van der Waals surface area (Å²) in [7, 11) is 0. The van der Waals surface area contributed by atoms with Crippen molar-refractivity contribution in [2.24, 2.45) is 11.8 Å². The molecule has 2 heterocycles. The molecule has 1 spiro atoms. The van der Waals surface area contributed by atoms with E-state index < -0.39 is 17.3 Å². The van der Waals surface area contributed by atoms with Gasteiger partial charge in [-0.2, -0.15) is 18.4 Å². The van der Waals surface area contributed by atoms with E-state index in [1.54, 1.807) is 12.1 Å². The summed E-state index contributed by atoms with van der Waals surface area (Å²) in [5.41, 5.74) is 1.15. The number of piperidine rings is 1. The number of halogens is 3. The summed E-state index contributed by atoms with van der Waals surface area (Å²) in [5.74, 6) is 0.318. The normalized spacial score (nSPS) is 22.8. The summed E-state index contributed by atoms with van der Waals surface area (Å²) >= 11 is 0. The van der Waals surface area contributed by atoms with Gasteiger partial charge in [0.2, 0.25) is 5.91 Å². The lowest BCUT2D eigenvalue weighted by Gasteiger charge is -2.37. The van der Waals surface area contributed by atoms with E-state index >= 15 is 0 Å². The molecule has 2 amide bonds. The van der Waals surface area contributed by atoms with Gasteiger partial charge in [0.25, 0.3) is 0 Å². The zero-order valence-electron chi connectivity index (χ0n) is 23.0. The maximum atomic E-state index is 12.8. The van der Waals surface area contributed by atoms with Gasteiger partial charge in [0.1, 0.15) is 5.60 Å². The molecule has 41 heavy (non-hydrogen) atoms. The van der Waals surface area contributed by atoms with Crippen LogP contribution in [0.3, 0.4) is 0 Å². The maximum absolute atomic E-state index is 12.8. The van der Waals surface area contributed by atoms with Crippen molar-refractivity contribution >= 4 is 12.0 Å². The number of nitrogens with zero attached hydrogens (tertiary/aromatic N) is 3. The molecule has 2 aromatic rings. The number of likely N-dealkylation sites (tertiary alicyclic amines) is 1. The van der Waals surface area contributed by atoms with Crippen molar-refractivity contribution in [2.75, 3.05) is 26.2 Å². The molecule has 2 aromatic carbocycles. The average molecular weight is 569 g/mol. The average Bonchev–Trinajstić information content (AvgIpc) is 3.27. The molecule has 2 saturated heterocycles. The van der Waals surface area contributed by atoms with Crippen LogP contribution in [-0.2, 0) is 28.8 Å². The second-order valence-electron chi connectivity index (χ2n) is 11.6. The minimum absolute atomic E-state index is 0.0356. The minimum Gasteiger partial charge on any atom is -0.441 e. The molecule has 7 nitrogen and oxygen atoms in total. The Morgan fingerprint density at radius 3 is 2.41 bits per heavy atom. The number of rotatable bonds is 7. The standard InChI is InChI=1S/C31H35F3N4O3/c32-31(33,34)27-10-6-22(7-11-27)19-37-14-12-30(13-15-37)21-38(29(40)41-30)20-23-4-8-26(9-5-23)28(39)36-18-25-3-1-2-24(16-25)17-35/h1-3,6-7,10-11,16,23,26H,4-5,8-9,12-15,18-21H2,(H,36,39). The molecule has 0 atom stereocenters. The monoisotopic (exact) mass is 568 g/mol. The van der Waals surface area contributed by atoms with Crippen molar-refractivity contribution in [3.63, 3.8) is 0 Å². The highest BCUT2D eigenvalue weighted by molar-refractivity contribution is 5.78. The van der Waals surface area contributed by atoms with Crippen LogP contribution in [0.5, 0.6) is 0 Å². The number of alkyl halides is 3. The fraction of sp³-hybridized carbons (Fsp3) is 0.516. The van der Waals surface area contributed by atoms with Crippen molar-refractivity contribution in [3.05, 3.63) is 70.8 Å². The third-order valence-corrected chi connectivity index (χ3v) is 8.71. The molecule has 0 bridgehead atoms. The van der Waals surface area contributed by atoms with E-state index in [9.17, 15) is 22.8 Å². The molecule has 0 aromatic heterocycles. The van der Waals surface area contributed by atoms with Gasteiger partial charge < -0.3 is 15.0 Å². The first kappa shape index (κ1) is 28.9. The van der Waals surface area contributed by atoms with E-state index in [4.69, 9.17) is 10.00 Å². The van der Waals surface area contributed by atoms with Gasteiger partial charge in [-0.3, -0.25) is 9.69 Å². The number of nitriles is 1. The molecule has 218 valence electrons. The molecule has 3 fully saturated rings. The SMILES string of the molecule is N#Cc1cccc(CNC(=O)C2CCC(CN3CC4(CCN(Cc5ccc(C(F)(F)F)cc5)CC4)OC3=O)CC2)c1. The Labute approximate surface area is 238 Å². The van der Waals surface area contributed by atoms with E-state index in [0.717, 1.165) is 48.9 Å². The number of nitrogens with one attached hydrogen (secondary N) is 1. The van der Waals surface area contributed by atoms with Gasteiger partial charge in [-0.1, -0.05) is 24.3 Å². The molecule has 1 saturated carbocycles. The van der Waals surface area contributed by atoms with Crippen molar-refractivity contribution in [1.82, 2.24) is 15.1 Å². The van der Waals surface area contributed by atoms with Gasteiger partial charge in [0, 0.05) is 51.5 Å². The first-order chi connectivity index (χ1) is 19.6. The lowest BCUT2D eigenvalue weighted by molar-refractivity contribution is -0.137. The van der Waals surface area contributed by atoms with Gasteiger partial charge in [-0.25, -0.2) is 4.79 Å². The van der Waals surface area contributed by atoms with Crippen LogP contribution in [0.1, 0.15) is 60.8 Å². The van der Waals surface area contributed by atoms with Gasteiger partial charge in [0.15, 0.2) is 0 Å². The molecular weight excluding hydrogens is 533 g/mol. The summed E-state index contributed by atoms with van der Waals surface area (Å²) in [5, 5.41) is 12.0. The van der Waals surface area contributed by atoms with Crippen molar-refractivity contribution in [1.29, 1.82) is 5.26 Å². The molecule has 10 heteroatoms. The number of carbonyl (C=O) groups is 2. The van der Waals surface area contributed by atoms with E-state index in [0.29, 0.717) is 63.6 Å². The minimum atomic E-state index is -4.34. The third kappa shape index (κ3) is 7.20. The van der Waals surface area contributed by atoms with Crippen LogP contribution in [0, 0.1) is 23.2 Å². The number of amides is 2. The Kier molecular flexibility index (Phi) is 8.55. The largest absolute Gasteiger partial charge is 0.441 e. The van der Waals surface area contributed by atoms with Crippen LogP contribution in [0.25, 0.3) is 0 Å². The van der Waals surface area contributed by atoms with Gasteiger partial charge >= 0.3 is 12.3 Å². The smallest absolute Gasteiger partial charge is 0.416 e. The highest BCUT2D eigenvalue weighted by Gasteiger charge is 2.47. The van der Waals surface area contributed by atoms with Gasteiger partial charge in [-0.05, 0) is 67.0 Å². The topological polar surface area (TPSA) is 85.7 Å². The third-order valence-electron chi connectivity index (χ3n) is 8.71. The Bertz CT molecular complexity index is 1270. The van der Waals surface area contributed by atoms with Crippen LogP contribution in [-0.4, -0.2) is 53.6 Å². The van der Waals surface area contributed by atoms with Crippen LogP contribution in [0.4, 0.5) is 18.0 Å². The molecule has 1 N–H and O–H groups in total. The van der Waals surface area contributed by atoms with Crippen molar-refractivity contribution in [2.45, 2.75) is 63.4 Å². The molecule has 2 aliphatic heterocycles. The van der Waals surface area contributed by atoms with Crippen molar-refractivity contribution in [3.8, 4) is 6.07 Å². The van der Waals surface area contributed by atoms with E-state index in [1.165, 1.54) is 12.1 Å². The Balaban J connectivity index is 1.04. The zero-order chi connectivity index (χ0) is 29.0. The van der Waals surface area contributed by atoms with Crippen LogP contribution >= 0.6 is 0 Å². The van der Waals surface area contributed by atoms with Crippen LogP contribution in [0.2, 0.25) is 0 Å². The summed E-state index contributed by atoms with van der Waals surface area (Å²) in [6, 6.07) is 14.6. The number of benzene rings is 2. The molecule has 3 aliphatic rings. The Morgan fingerprint density at radius 2 is 1.76 bits per heavy atom. The lowest BCUT2D eigenvalue weighted by Crippen LogP contribution is -2.46. The number of hydrogen-bond acceptors (Lipinski definition) is 5. The van der Waals surface area contributed by atoms with Crippen LogP contribution in [0.15, 0.2) is 48.5 Å². The van der Waals surface area contributed by atoms with E-state index in [1.807, 2.05) is 17.0 Å². The molecule has 1 aliphatic carbocycles. The zero-order valence-corrected chi connectivity index (χ0v) is 23.0. The van der Waals surface area contributed by atoms with Crippen molar-refractivity contribution < 1.29 is 27.5 Å². The molecule has 0 radical (unpaired) electrons. The molecule has 0 unspecified atom stereocenters. The first-order valence-electron chi connectivity index (χ1n) is 14.3. The fourth-order valence-corrected chi connectivity index (χ4v) is 6.27. The lowest BCUT2D eigenvalue weighted by atomic mass is 9.81. The van der Waals surface area contributed by atoms with Gasteiger partial charge in [-0.15, -0.1) is 0 Å². The first-order valence-corrected chi connectivity index (χ1v) is 14.3.